The van der Waals surface area contributed by atoms with Crippen molar-refractivity contribution in [3.8, 4) is 5.75 Å². The average Bonchev–Trinajstić information content (AvgIpc) is 3.18. The number of hydrogen-bond acceptors (Lipinski definition) is 5. The summed E-state index contributed by atoms with van der Waals surface area (Å²) in [7, 11) is 1.77. The van der Waals surface area contributed by atoms with Crippen LogP contribution >= 0.6 is 0 Å². The normalized spacial score (nSPS) is 26.4. The van der Waals surface area contributed by atoms with Gasteiger partial charge in [-0.15, -0.1) is 0 Å². The van der Waals surface area contributed by atoms with E-state index in [1.165, 1.54) is 24.0 Å². The van der Waals surface area contributed by atoms with Gasteiger partial charge in [0.2, 0.25) is 5.91 Å². The zero-order chi connectivity index (χ0) is 22.0. The molecule has 3 aliphatic rings. The standard InChI is InChI=1S/C24H35N3O4/c1-17(28)26-11-13-27(14-12-26)22-10-9-21(24(22)30)25(2)23(29)16-31-20-8-7-18-5-3-4-6-19(18)15-20/h7-8,15,21-22,24,30H,3-6,9-14,16H2,1-2H3/t21-,22-,24-/m1/s1. The van der Waals surface area contributed by atoms with Crippen LogP contribution in [0.2, 0.25) is 0 Å². The second kappa shape index (κ2) is 9.57. The van der Waals surface area contributed by atoms with E-state index in [1.807, 2.05) is 11.0 Å². The highest BCUT2D eigenvalue weighted by atomic mass is 16.5. The van der Waals surface area contributed by atoms with Crippen LogP contribution < -0.4 is 4.74 Å². The predicted molar refractivity (Wildman–Crippen MR) is 118 cm³/mol. The topological polar surface area (TPSA) is 73.3 Å². The number of carbonyl (C=O) groups excluding carboxylic acids is 2. The van der Waals surface area contributed by atoms with Gasteiger partial charge in [0, 0.05) is 46.2 Å². The Hall–Kier alpha value is -2.12. The van der Waals surface area contributed by atoms with Crippen LogP contribution in [0.25, 0.3) is 0 Å². The van der Waals surface area contributed by atoms with Crippen molar-refractivity contribution in [3.63, 3.8) is 0 Å². The van der Waals surface area contributed by atoms with E-state index < -0.39 is 6.10 Å². The van der Waals surface area contributed by atoms with Crippen molar-refractivity contribution in [3.05, 3.63) is 29.3 Å². The molecule has 0 spiro atoms. The third kappa shape index (κ3) is 4.88. The molecule has 0 aromatic heterocycles. The summed E-state index contributed by atoms with van der Waals surface area (Å²) >= 11 is 0. The van der Waals surface area contributed by atoms with E-state index in [2.05, 4.69) is 17.0 Å². The van der Waals surface area contributed by atoms with Gasteiger partial charge < -0.3 is 19.6 Å². The van der Waals surface area contributed by atoms with Gasteiger partial charge in [0.05, 0.1) is 12.1 Å². The summed E-state index contributed by atoms with van der Waals surface area (Å²) in [5.41, 5.74) is 2.73. The van der Waals surface area contributed by atoms with Crippen LogP contribution in [-0.2, 0) is 22.4 Å². The van der Waals surface area contributed by atoms with Crippen LogP contribution in [0.5, 0.6) is 5.75 Å². The fraction of sp³-hybridized carbons (Fsp3) is 0.667. The molecule has 2 fully saturated rings. The van der Waals surface area contributed by atoms with Gasteiger partial charge in [0.1, 0.15) is 5.75 Å². The summed E-state index contributed by atoms with van der Waals surface area (Å²) in [6.45, 7) is 4.53. The third-order valence-corrected chi connectivity index (χ3v) is 7.35. The van der Waals surface area contributed by atoms with E-state index in [0.29, 0.717) is 13.1 Å². The van der Waals surface area contributed by atoms with Crippen molar-refractivity contribution in [2.24, 2.45) is 0 Å². The Bertz CT molecular complexity index is 806. The first-order valence-electron chi connectivity index (χ1n) is 11.6. The molecule has 1 aromatic carbocycles. The molecule has 31 heavy (non-hydrogen) atoms. The molecule has 7 heteroatoms. The van der Waals surface area contributed by atoms with Crippen LogP contribution in [0, 0.1) is 0 Å². The molecule has 3 atom stereocenters. The molecule has 2 amide bonds. The zero-order valence-electron chi connectivity index (χ0n) is 18.8. The number of fused-ring (bicyclic) bond motifs is 1. The minimum Gasteiger partial charge on any atom is -0.484 e. The molecule has 0 bridgehead atoms. The number of amides is 2. The van der Waals surface area contributed by atoms with Gasteiger partial charge in [-0.1, -0.05) is 6.07 Å². The molecule has 1 aromatic rings. The lowest BCUT2D eigenvalue weighted by atomic mass is 9.92. The molecule has 1 N–H and O–H groups in total. The number of rotatable bonds is 5. The van der Waals surface area contributed by atoms with Crippen molar-refractivity contribution >= 4 is 11.8 Å². The van der Waals surface area contributed by atoms with Crippen LogP contribution in [0.15, 0.2) is 18.2 Å². The van der Waals surface area contributed by atoms with E-state index in [4.69, 9.17) is 4.74 Å². The van der Waals surface area contributed by atoms with Gasteiger partial charge >= 0.3 is 0 Å². The molecule has 0 radical (unpaired) electrons. The minimum absolute atomic E-state index is 0.0134. The molecule has 1 saturated carbocycles. The van der Waals surface area contributed by atoms with Crippen molar-refractivity contribution in [2.75, 3.05) is 39.8 Å². The number of carbonyl (C=O) groups is 2. The van der Waals surface area contributed by atoms with E-state index in [0.717, 1.165) is 44.5 Å². The van der Waals surface area contributed by atoms with Gasteiger partial charge in [0.15, 0.2) is 6.61 Å². The fourth-order valence-electron chi connectivity index (χ4n) is 5.36. The molecule has 7 nitrogen and oxygen atoms in total. The molecular weight excluding hydrogens is 394 g/mol. The van der Waals surface area contributed by atoms with Gasteiger partial charge in [0.25, 0.3) is 5.91 Å². The molecule has 1 saturated heterocycles. The number of benzene rings is 1. The molecule has 170 valence electrons. The Balaban J connectivity index is 1.28. The number of likely N-dealkylation sites (N-methyl/N-ethyl adjacent to an activating group) is 1. The van der Waals surface area contributed by atoms with Crippen LogP contribution in [0.3, 0.4) is 0 Å². The molecule has 4 rings (SSSR count). The lowest BCUT2D eigenvalue weighted by Crippen LogP contribution is -2.55. The van der Waals surface area contributed by atoms with Crippen molar-refractivity contribution < 1.29 is 19.4 Å². The maximum Gasteiger partial charge on any atom is 0.260 e. The summed E-state index contributed by atoms with van der Waals surface area (Å²) in [5.74, 6) is 0.744. The number of aliphatic hydroxyl groups is 1. The quantitative estimate of drug-likeness (QED) is 0.767. The Labute approximate surface area is 184 Å². The van der Waals surface area contributed by atoms with Gasteiger partial charge in [-0.2, -0.15) is 0 Å². The third-order valence-electron chi connectivity index (χ3n) is 7.35. The van der Waals surface area contributed by atoms with Crippen molar-refractivity contribution in [1.82, 2.24) is 14.7 Å². The predicted octanol–water partition coefficient (Wildman–Crippen LogP) is 1.46. The molecule has 1 heterocycles. The molecule has 1 aliphatic heterocycles. The van der Waals surface area contributed by atoms with Gasteiger partial charge in [-0.25, -0.2) is 0 Å². The maximum absolute atomic E-state index is 12.8. The Morgan fingerprint density at radius 1 is 1.10 bits per heavy atom. The highest BCUT2D eigenvalue weighted by Crippen LogP contribution is 2.29. The second-order valence-electron chi connectivity index (χ2n) is 9.18. The molecular formula is C24H35N3O4. The second-order valence-corrected chi connectivity index (χ2v) is 9.18. The SMILES string of the molecule is CC(=O)N1CCN([C@@H]2CC[C@@H](N(C)C(=O)COc3ccc4c(c3)CCCC4)[C@H]2O)CC1. The molecule has 2 aliphatic carbocycles. The highest BCUT2D eigenvalue weighted by Gasteiger charge is 2.42. The first-order chi connectivity index (χ1) is 14.9. The van der Waals surface area contributed by atoms with E-state index in [-0.39, 0.29) is 30.5 Å². The number of aliphatic hydroxyl groups excluding tert-OH is 1. The summed E-state index contributed by atoms with van der Waals surface area (Å²) in [6.07, 6.45) is 5.71. The summed E-state index contributed by atoms with van der Waals surface area (Å²) < 4.78 is 5.81. The lowest BCUT2D eigenvalue weighted by molar-refractivity contribution is -0.137. The maximum atomic E-state index is 12.8. The van der Waals surface area contributed by atoms with E-state index in [9.17, 15) is 14.7 Å². The number of aryl methyl sites for hydroxylation is 2. The Morgan fingerprint density at radius 2 is 1.81 bits per heavy atom. The van der Waals surface area contributed by atoms with Crippen LogP contribution in [-0.4, -0.2) is 89.6 Å². The van der Waals surface area contributed by atoms with Crippen molar-refractivity contribution in [2.45, 2.75) is 63.6 Å². The fourth-order valence-corrected chi connectivity index (χ4v) is 5.36. The number of piperazine rings is 1. The largest absolute Gasteiger partial charge is 0.484 e. The van der Waals surface area contributed by atoms with E-state index in [1.54, 1.807) is 18.9 Å². The number of ether oxygens (including phenoxy) is 1. The first kappa shape index (κ1) is 22.1. The lowest BCUT2D eigenvalue weighted by Gasteiger charge is -2.39. The molecule has 0 unspecified atom stereocenters. The van der Waals surface area contributed by atoms with Crippen LogP contribution in [0.4, 0.5) is 0 Å². The number of nitrogens with zero attached hydrogens (tertiary/aromatic N) is 3. The van der Waals surface area contributed by atoms with Gasteiger partial charge in [-0.3, -0.25) is 14.5 Å². The van der Waals surface area contributed by atoms with Crippen LogP contribution in [0.1, 0.15) is 43.7 Å². The number of hydrogen-bond donors (Lipinski definition) is 1. The average molecular weight is 430 g/mol. The first-order valence-corrected chi connectivity index (χ1v) is 11.6. The Kier molecular flexibility index (Phi) is 6.82. The highest BCUT2D eigenvalue weighted by molar-refractivity contribution is 5.78. The summed E-state index contributed by atoms with van der Waals surface area (Å²) in [5, 5.41) is 11.0. The summed E-state index contributed by atoms with van der Waals surface area (Å²) in [4.78, 5) is 30.1. The zero-order valence-corrected chi connectivity index (χ0v) is 18.8. The smallest absolute Gasteiger partial charge is 0.260 e. The monoisotopic (exact) mass is 429 g/mol. The van der Waals surface area contributed by atoms with E-state index >= 15 is 0 Å². The van der Waals surface area contributed by atoms with Crippen molar-refractivity contribution in [1.29, 1.82) is 0 Å². The van der Waals surface area contributed by atoms with Gasteiger partial charge in [-0.05, 0) is 61.8 Å². The summed E-state index contributed by atoms with van der Waals surface area (Å²) in [6, 6.07) is 5.99. The minimum atomic E-state index is -0.582. The Morgan fingerprint density at radius 3 is 2.52 bits per heavy atom.